The van der Waals surface area contributed by atoms with Gasteiger partial charge < -0.3 is 27.6 Å². The summed E-state index contributed by atoms with van der Waals surface area (Å²) in [6.45, 7) is 26.7. The van der Waals surface area contributed by atoms with Crippen molar-refractivity contribution in [3.8, 4) is 0 Å². The Morgan fingerprint density at radius 3 is 0.983 bits per heavy atom. The van der Waals surface area contributed by atoms with Crippen LogP contribution in [0.4, 0.5) is 0 Å². The molecule has 0 saturated heterocycles. The van der Waals surface area contributed by atoms with Crippen LogP contribution in [0.15, 0.2) is 36.8 Å². The van der Waals surface area contributed by atoms with Gasteiger partial charge >= 0.3 is 31.0 Å². The topological polar surface area (TPSA) is 107 Å². The molecule has 0 N–H and O–H groups in total. The third-order valence-electron chi connectivity index (χ3n) is 12.5. The van der Waals surface area contributed by atoms with Gasteiger partial charge in [-0.05, 0) is 168 Å². The van der Waals surface area contributed by atoms with E-state index < -0.39 is 14.2 Å². The van der Waals surface area contributed by atoms with E-state index in [0.29, 0.717) is 0 Å². The Bertz CT molecular complexity index is 2170. The van der Waals surface area contributed by atoms with Gasteiger partial charge in [0.15, 0.2) is 0 Å². The first kappa shape index (κ1) is 44.0. The van der Waals surface area contributed by atoms with E-state index in [4.69, 9.17) is 30.6 Å². The third kappa shape index (κ3) is 9.22. The molecule has 15 heteroatoms. The Labute approximate surface area is 368 Å². The molecule has 0 saturated carbocycles. The Hall–Kier alpha value is -4.10. The molecule has 3 aliphatic carbocycles. The number of rotatable bonds is 9. The van der Waals surface area contributed by atoms with Gasteiger partial charge in [-0.1, -0.05) is 62.3 Å². The SMILES string of the molecule is CC(C)(C)Cc1ccn([BH-](n2ccc(CC(C)(C)C)n2)n2ccc(CC(C)(C)C)n2)n1.Cc1nn([BH-](n2nc(C)c3c2CCC3)n2nc(C)c3c2CCC3)c2c1CCC2.[Co+2]. The largest absolute Gasteiger partial charge is 2.00 e. The summed E-state index contributed by atoms with van der Waals surface area (Å²) in [4.78, 5) is 0. The summed E-state index contributed by atoms with van der Waals surface area (Å²) in [5, 5.41) is 30.1. The van der Waals surface area contributed by atoms with Gasteiger partial charge in [0.1, 0.15) is 0 Å². The van der Waals surface area contributed by atoms with E-state index in [1.165, 1.54) is 89.4 Å². The fourth-order valence-corrected chi connectivity index (χ4v) is 10.2. The number of nitrogens with zero attached hydrogens (tertiary/aromatic N) is 12. The molecule has 60 heavy (non-hydrogen) atoms. The second kappa shape index (κ2) is 16.6. The van der Waals surface area contributed by atoms with Gasteiger partial charge in [0.25, 0.3) is 0 Å². The monoisotopic (exact) mass is 858 g/mol. The summed E-state index contributed by atoms with van der Waals surface area (Å²) in [5.41, 5.74) is 16.2. The van der Waals surface area contributed by atoms with Crippen molar-refractivity contribution < 1.29 is 16.8 Å². The van der Waals surface area contributed by atoms with Gasteiger partial charge in [-0.15, -0.1) is 0 Å². The van der Waals surface area contributed by atoms with Crippen molar-refractivity contribution in [3.63, 3.8) is 0 Å². The normalized spacial score (nSPS) is 15.1. The maximum Gasteiger partial charge on any atom is 2.00 e. The van der Waals surface area contributed by atoms with Crippen LogP contribution in [0.2, 0.25) is 0 Å². The zero-order valence-corrected chi connectivity index (χ0v) is 39.6. The van der Waals surface area contributed by atoms with Gasteiger partial charge in [0.2, 0.25) is 0 Å². The molecule has 6 heterocycles. The van der Waals surface area contributed by atoms with Crippen LogP contribution in [-0.2, 0) is 74.6 Å². The van der Waals surface area contributed by atoms with E-state index in [1.54, 1.807) is 0 Å². The molecule has 0 aliphatic heterocycles. The zero-order valence-electron chi connectivity index (χ0n) is 38.6. The summed E-state index contributed by atoms with van der Waals surface area (Å²) in [5.74, 6) is 0. The maximum absolute atomic E-state index is 5.09. The van der Waals surface area contributed by atoms with Crippen molar-refractivity contribution in [3.05, 3.63) is 105 Å². The average Bonchev–Trinajstić information content (AvgIpc) is 3.96. The predicted octanol–water partition coefficient (Wildman–Crippen LogP) is 7.03. The Morgan fingerprint density at radius 1 is 0.433 bits per heavy atom. The summed E-state index contributed by atoms with van der Waals surface area (Å²) < 4.78 is 13.2. The molecule has 323 valence electrons. The molecule has 12 nitrogen and oxygen atoms in total. The predicted molar refractivity (Wildman–Crippen MR) is 240 cm³/mol. The zero-order chi connectivity index (χ0) is 42.0. The Balaban J connectivity index is 0.000000179. The molecule has 6 aromatic heterocycles. The molecule has 3 aliphatic rings. The van der Waals surface area contributed by atoms with Gasteiger partial charge in [-0.2, -0.15) is 0 Å². The molecule has 0 aromatic carbocycles. The first-order valence-electron chi connectivity index (χ1n) is 22.5. The number of aromatic nitrogens is 12. The first-order valence-corrected chi connectivity index (χ1v) is 22.5. The minimum Gasteiger partial charge on any atom is -0.403 e. The van der Waals surface area contributed by atoms with Crippen molar-refractivity contribution in [1.29, 1.82) is 0 Å². The van der Waals surface area contributed by atoms with Gasteiger partial charge in [-0.3, -0.25) is 0 Å². The molecule has 6 aromatic rings. The molecule has 0 atom stereocenters. The number of fused-ring (bicyclic) bond motifs is 3. The smallest absolute Gasteiger partial charge is 0.403 e. The van der Waals surface area contributed by atoms with Crippen LogP contribution in [-0.4, -0.2) is 72.4 Å². The molecule has 1 radical (unpaired) electrons. The summed E-state index contributed by atoms with van der Waals surface area (Å²) in [7, 11) is -2.55. The van der Waals surface area contributed by atoms with Crippen molar-refractivity contribution >= 4 is 14.2 Å². The van der Waals surface area contributed by atoms with Crippen LogP contribution >= 0.6 is 0 Å². The van der Waals surface area contributed by atoms with Crippen LogP contribution in [0.25, 0.3) is 0 Å². The second-order valence-corrected chi connectivity index (χ2v) is 21.7. The summed E-state index contributed by atoms with van der Waals surface area (Å²) in [6, 6.07) is 6.39. The van der Waals surface area contributed by atoms with E-state index >= 15 is 0 Å². The molecule has 9 rings (SSSR count). The van der Waals surface area contributed by atoms with E-state index in [0.717, 1.165) is 55.6 Å². The van der Waals surface area contributed by atoms with Gasteiger partial charge in [0.05, 0.1) is 34.2 Å². The van der Waals surface area contributed by atoms with Crippen molar-refractivity contribution in [2.75, 3.05) is 0 Å². The van der Waals surface area contributed by atoms with Crippen LogP contribution in [0.1, 0.15) is 150 Å². The number of aryl methyl sites for hydroxylation is 3. The Morgan fingerprint density at radius 2 is 0.717 bits per heavy atom. The summed E-state index contributed by atoms with van der Waals surface area (Å²) in [6.07, 6.45) is 19.7. The fraction of sp³-hybridized carbons (Fsp3) is 0.600. The van der Waals surface area contributed by atoms with Crippen LogP contribution in [0.5, 0.6) is 0 Å². The van der Waals surface area contributed by atoms with Gasteiger partial charge in [0, 0.05) is 17.1 Å². The van der Waals surface area contributed by atoms with Crippen LogP contribution in [0.3, 0.4) is 0 Å². The molecular weight excluding hydrogens is 789 g/mol. The molecule has 0 spiro atoms. The second-order valence-electron chi connectivity index (χ2n) is 21.7. The quantitative estimate of drug-likeness (QED) is 0.145. The first-order chi connectivity index (χ1) is 27.8. The van der Waals surface area contributed by atoms with E-state index in [1.807, 2.05) is 0 Å². The maximum atomic E-state index is 5.09. The molecule has 0 bridgehead atoms. The summed E-state index contributed by atoms with van der Waals surface area (Å²) >= 11 is 0. The average molecular weight is 858 g/mol. The minimum absolute atomic E-state index is 0. The third-order valence-corrected chi connectivity index (χ3v) is 12.5. The Kier molecular flexibility index (Phi) is 12.2. The molecular formula is C45H68B2CoN12. The van der Waals surface area contributed by atoms with Crippen molar-refractivity contribution in [2.45, 2.75) is 160 Å². The molecule has 0 fully saturated rings. The van der Waals surface area contributed by atoms with Gasteiger partial charge in [-0.25, -0.2) is 30.6 Å². The standard InChI is InChI=1S/C24H40BN6.C21H28BN6.Co/c1-22(2,3)16-19-10-13-29(26-19)25(30-14-11-20(27-30)17-23(4,5)6)31-15-12-21(28-31)18-24(7,8)9;1-13-16-7-4-10-19(16)26(23-13)22(27-20-11-5-8-17(20)14(2)24-27)28-21-12-6-9-18(21)15(3)25-28;/h10-15,25H,16-18H2,1-9H3;22H,4-12H2,1-3H3;/q2*-1;+2. The molecule has 0 unspecified atom stereocenters. The minimum atomic E-state index is -1.33. The van der Waals surface area contributed by atoms with E-state index in [9.17, 15) is 0 Å². The fourth-order valence-electron chi connectivity index (χ4n) is 10.2. The van der Waals surface area contributed by atoms with E-state index in [2.05, 4.69) is 147 Å². The molecule has 0 amide bonds. The van der Waals surface area contributed by atoms with Crippen LogP contribution < -0.4 is 0 Å². The van der Waals surface area contributed by atoms with Crippen molar-refractivity contribution in [1.82, 2.24) is 58.1 Å². The van der Waals surface area contributed by atoms with Crippen LogP contribution in [0, 0.1) is 37.0 Å². The number of hydrogen-bond acceptors (Lipinski definition) is 6. The number of hydrogen-bond donors (Lipinski definition) is 0. The van der Waals surface area contributed by atoms with Crippen molar-refractivity contribution in [2.24, 2.45) is 16.2 Å². The van der Waals surface area contributed by atoms with E-state index in [-0.39, 0.29) is 33.0 Å².